The van der Waals surface area contributed by atoms with Crippen LogP contribution in [0.4, 0.5) is 0 Å². The van der Waals surface area contributed by atoms with Gasteiger partial charge in [0.25, 0.3) is 0 Å². The third-order valence-corrected chi connectivity index (χ3v) is 4.47. The number of piperazine rings is 1. The molecule has 2 heteroatoms. The van der Waals surface area contributed by atoms with Gasteiger partial charge in [-0.15, -0.1) is 0 Å². The van der Waals surface area contributed by atoms with Crippen molar-refractivity contribution in [2.75, 3.05) is 19.6 Å². The molecule has 1 N–H and O–H groups in total. The van der Waals surface area contributed by atoms with Crippen LogP contribution in [0, 0.1) is 0 Å². The summed E-state index contributed by atoms with van der Waals surface area (Å²) in [7, 11) is 0. The van der Waals surface area contributed by atoms with Gasteiger partial charge in [-0.1, -0.05) is 55.8 Å². The van der Waals surface area contributed by atoms with Gasteiger partial charge in [0.1, 0.15) is 0 Å². The van der Waals surface area contributed by atoms with Crippen molar-refractivity contribution in [3.05, 3.63) is 48.0 Å². The predicted molar refractivity (Wildman–Crippen MR) is 86.9 cm³/mol. The smallest absolute Gasteiger partial charge is 0.0560 e. The van der Waals surface area contributed by atoms with Gasteiger partial charge in [-0.3, -0.25) is 4.90 Å². The monoisotopic (exact) mass is 272 g/mol. The minimum Gasteiger partial charge on any atom is -0.311 e. The van der Waals surface area contributed by atoms with E-state index in [0.717, 1.165) is 19.6 Å². The third kappa shape index (κ3) is 3.31. The van der Waals surface area contributed by atoms with Crippen LogP contribution in [0.1, 0.15) is 39.2 Å². The molecular weight excluding hydrogens is 244 g/mol. The van der Waals surface area contributed by atoms with E-state index in [1.807, 2.05) is 0 Å². The summed E-state index contributed by atoms with van der Waals surface area (Å²) in [4.78, 5) is 2.62. The lowest BCUT2D eigenvalue weighted by molar-refractivity contribution is 0.0592. The van der Waals surface area contributed by atoms with Gasteiger partial charge in [-0.2, -0.15) is 0 Å². The van der Waals surface area contributed by atoms with Gasteiger partial charge in [0, 0.05) is 25.7 Å². The van der Waals surface area contributed by atoms with E-state index in [-0.39, 0.29) is 5.54 Å². The Balaban J connectivity index is 2.21. The molecule has 0 aromatic heterocycles. The molecule has 1 heterocycles. The first kappa shape index (κ1) is 15.3. The normalized spacial score (nSPS) is 28.1. The van der Waals surface area contributed by atoms with E-state index >= 15 is 0 Å². The Hall–Kier alpha value is -1.12. The number of rotatable bonds is 5. The van der Waals surface area contributed by atoms with Gasteiger partial charge >= 0.3 is 0 Å². The van der Waals surface area contributed by atoms with E-state index < -0.39 is 0 Å². The van der Waals surface area contributed by atoms with Crippen LogP contribution in [0.15, 0.2) is 42.5 Å². The molecule has 0 aliphatic carbocycles. The summed E-state index contributed by atoms with van der Waals surface area (Å²) in [5.41, 5.74) is 1.50. The number of allylic oxidation sites excluding steroid dienone is 1. The highest BCUT2D eigenvalue weighted by Gasteiger charge is 2.38. The highest BCUT2D eigenvalue weighted by Crippen LogP contribution is 2.31. The van der Waals surface area contributed by atoms with Gasteiger partial charge < -0.3 is 5.32 Å². The summed E-state index contributed by atoms with van der Waals surface area (Å²) in [6.07, 6.45) is 6.94. The summed E-state index contributed by atoms with van der Waals surface area (Å²) in [6, 6.07) is 11.5. The SMILES string of the molecule is C/C=C/CN1CC(CCC)NCC1(C)c1ccccc1. The second-order valence-corrected chi connectivity index (χ2v) is 5.98. The molecule has 110 valence electrons. The Morgan fingerprint density at radius 1 is 1.35 bits per heavy atom. The second-order valence-electron chi connectivity index (χ2n) is 5.98. The van der Waals surface area contributed by atoms with E-state index in [9.17, 15) is 0 Å². The molecule has 1 aliphatic heterocycles. The van der Waals surface area contributed by atoms with Crippen molar-refractivity contribution in [3.63, 3.8) is 0 Å². The van der Waals surface area contributed by atoms with Crippen molar-refractivity contribution in [1.82, 2.24) is 10.2 Å². The Labute approximate surface area is 123 Å². The fourth-order valence-electron chi connectivity index (χ4n) is 3.12. The van der Waals surface area contributed by atoms with Gasteiger partial charge in [-0.05, 0) is 25.8 Å². The molecule has 20 heavy (non-hydrogen) atoms. The second kappa shape index (κ2) is 7.05. The molecule has 0 saturated carbocycles. The van der Waals surface area contributed by atoms with Gasteiger partial charge in [-0.25, -0.2) is 0 Å². The molecule has 0 bridgehead atoms. The third-order valence-electron chi connectivity index (χ3n) is 4.47. The lowest BCUT2D eigenvalue weighted by Crippen LogP contribution is -2.61. The van der Waals surface area contributed by atoms with E-state index in [1.54, 1.807) is 0 Å². The van der Waals surface area contributed by atoms with Crippen LogP contribution in [0.5, 0.6) is 0 Å². The molecule has 2 atom stereocenters. The van der Waals surface area contributed by atoms with Gasteiger partial charge in [0.15, 0.2) is 0 Å². The average molecular weight is 272 g/mol. The Bertz CT molecular complexity index is 426. The predicted octanol–water partition coefficient (Wildman–Crippen LogP) is 3.55. The van der Waals surface area contributed by atoms with Crippen molar-refractivity contribution in [1.29, 1.82) is 0 Å². The van der Waals surface area contributed by atoms with E-state index in [0.29, 0.717) is 6.04 Å². The summed E-state index contributed by atoms with van der Waals surface area (Å²) < 4.78 is 0. The first-order valence-corrected chi connectivity index (χ1v) is 7.86. The van der Waals surface area contributed by atoms with Crippen molar-refractivity contribution in [2.45, 2.75) is 45.2 Å². The Morgan fingerprint density at radius 2 is 2.10 bits per heavy atom. The zero-order valence-corrected chi connectivity index (χ0v) is 13.1. The van der Waals surface area contributed by atoms with Crippen LogP contribution in [-0.2, 0) is 5.54 Å². The maximum Gasteiger partial charge on any atom is 0.0560 e. The lowest BCUT2D eigenvalue weighted by atomic mass is 9.86. The lowest BCUT2D eigenvalue weighted by Gasteiger charge is -2.48. The van der Waals surface area contributed by atoms with E-state index in [2.05, 4.69) is 73.5 Å². The molecular formula is C18H28N2. The van der Waals surface area contributed by atoms with Crippen LogP contribution in [0.3, 0.4) is 0 Å². The molecule has 2 rings (SSSR count). The number of hydrogen-bond donors (Lipinski definition) is 1. The highest BCUT2D eigenvalue weighted by atomic mass is 15.3. The van der Waals surface area contributed by atoms with Crippen LogP contribution in [-0.4, -0.2) is 30.6 Å². The molecule has 0 radical (unpaired) electrons. The zero-order valence-electron chi connectivity index (χ0n) is 13.1. The zero-order chi connectivity index (χ0) is 14.4. The quantitative estimate of drug-likeness (QED) is 0.825. The molecule has 1 saturated heterocycles. The summed E-state index contributed by atoms with van der Waals surface area (Å²) >= 11 is 0. The highest BCUT2D eigenvalue weighted by molar-refractivity contribution is 5.25. The molecule has 0 spiro atoms. The van der Waals surface area contributed by atoms with Crippen molar-refractivity contribution < 1.29 is 0 Å². The number of hydrogen-bond acceptors (Lipinski definition) is 2. The summed E-state index contributed by atoms with van der Waals surface area (Å²) in [6.45, 7) is 9.92. The fourth-order valence-corrected chi connectivity index (χ4v) is 3.12. The Kier molecular flexibility index (Phi) is 5.38. The van der Waals surface area contributed by atoms with Gasteiger partial charge in [0.05, 0.1) is 5.54 Å². The average Bonchev–Trinajstić information content (AvgIpc) is 2.49. The molecule has 2 unspecified atom stereocenters. The van der Waals surface area contributed by atoms with Crippen LogP contribution in [0.25, 0.3) is 0 Å². The van der Waals surface area contributed by atoms with Gasteiger partial charge in [0.2, 0.25) is 0 Å². The molecule has 0 amide bonds. The van der Waals surface area contributed by atoms with Crippen LogP contribution < -0.4 is 5.32 Å². The minimum atomic E-state index is 0.0883. The minimum absolute atomic E-state index is 0.0883. The Morgan fingerprint density at radius 3 is 2.75 bits per heavy atom. The van der Waals surface area contributed by atoms with Crippen molar-refractivity contribution in [2.24, 2.45) is 0 Å². The first-order chi connectivity index (χ1) is 9.70. The number of nitrogens with zero attached hydrogens (tertiary/aromatic N) is 1. The maximum absolute atomic E-state index is 3.75. The summed E-state index contributed by atoms with van der Waals surface area (Å²) in [5.74, 6) is 0. The van der Waals surface area contributed by atoms with E-state index in [4.69, 9.17) is 0 Å². The van der Waals surface area contributed by atoms with Crippen molar-refractivity contribution in [3.8, 4) is 0 Å². The van der Waals surface area contributed by atoms with Crippen molar-refractivity contribution >= 4 is 0 Å². The van der Waals surface area contributed by atoms with Crippen LogP contribution in [0.2, 0.25) is 0 Å². The first-order valence-electron chi connectivity index (χ1n) is 7.86. The number of nitrogens with one attached hydrogen (secondary N) is 1. The molecule has 1 aromatic carbocycles. The summed E-state index contributed by atoms with van der Waals surface area (Å²) in [5, 5.41) is 3.75. The fraction of sp³-hybridized carbons (Fsp3) is 0.556. The topological polar surface area (TPSA) is 15.3 Å². The largest absolute Gasteiger partial charge is 0.311 e. The molecule has 2 nitrogen and oxygen atoms in total. The van der Waals surface area contributed by atoms with E-state index in [1.165, 1.54) is 18.4 Å². The van der Waals surface area contributed by atoms with Crippen LogP contribution >= 0.6 is 0 Å². The molecule has 1 aliphatic rings. The maximum atomic E-state index is 3.75. The number of benzene rings is 1. The standard InChI is InChI=1S/C18H28N2/c1-4-6-13-20-14-17(10-5-2)19-15-18(20,3)16-11-8-7-9-12-16/h4,6-9,11-12,17,19H,5,10,13-15H2,1-3H3/b6-4+. The molecule has 1 fully saturated rings. The molecule has 1 aromatic rings.